The number of hydrogen-bond donors (Lipinski definition) is 2. The molecule has 2 aromatic carbocycles. The number of nitrogens with zero attached hydrogens (tertiary/aromatic N) is 1. The predicted molar refractivity (Wildman–Crippen MR) is 121 cm³/mol. The molecule has 156 valence electrons. The number of carbonyl (C=O) groups excluding carboxylic acids is 1. The van der Waals surface area contributed by atoms with Crippen LogP contribution in [0.25, 0.3) is 10.8 Å². The van der Waals surface area contributed by atoms with Gasteiger partial charge in [0.1, 0.15) is 5.15 Å². The molecule has 2 atom stereocenters. The Morgan fingerprint density at radius 2 is 1.93 bits per heavy atom. The highest BCUT2D eigenvalue weighted by atomic mass is 35.5. The van der Waals surface area contributed by atoms with E-state index in [1.54, 1.807) is 12.3 Å². The molecule has 1 amide bonds. The summed E-state index contributed by atoms with van der Waals surface area (Å²) < 4.78 is 0. The van der Waals surface area contributed by atoms with Crippen molar-refractivity contribution in [2.75, 3.05) is 0 Å². The van der Waals surface area contributed by atoms with Gasteiger partial charge >= 0.3 is 0 Å². The van der Waals surface area contributed by atoms with Crippen LogP contribution in [0.2, 0.25) is 5.15 Å². The summed E-state index contributed by atoms with van der Waals surface area (Å²) in [6.07, 6.45) is 6.37. The average Bonchev–Trinajstić information content (AvgIpc) is 2.76. The number of amides is 1. The molecule has 1 aliphatic carbocycles. The van der Waals surface area contributed by atoms with Crippen molar-refractivity contribution >= 4 is 28.3 Å². The van der Waals surface area contributed by atoms with Crippen LogP contribution >= 0.6 is 11.6 Å². The molecule has 2 N–H and O–H groups in total. The van der Waals surface area contributed by atoms with E-state index in [1.807, 2.05) is 24.3 Å². The molecular weight excluding hydrogens is 396 g/mol. The molecule has 0 bridgehead atoms. The van der Waals surface area contributed by atoms with Crippen LogP contribution in [0.1, 0.15) is 59.7 Å². The number of hydrogen-bond acceptors (Lipinski definition) is 3. The summed E-state index contributed by atoms with van der Waals surface area (Å²) in [4.78, 5) is 17.5. The highest BCUT2D eigenvalue weighted by Crippen LogP contribution is 2.29. The highest BCUT2D eigenvalue weighted by Gasteiger charge is 2.26. The van der Waals surface area contributed by atoms with Crippen LogP contribution in [0, 0.1) is 0 Å². The van der Waals surface area contributed by atoms with Crippen LogP contribution in [0.3, 0.4) is 0 Å². The Hall–Kier alpha value is -2.43. The van der Waals surface area contributed by atoms with Gasteiger partial charge in [-0.3, -0.25) is 4.79 Å². The summed E-state index contributed by atoms with van der Waals surface area (Å²) >= 11 is 5.94. The molecule has 1 aromatic heterocycles. The number of benzene rings is 2. The predicted octanol–water partition coefficient (Wildman–Crippen LogP) is 5.07. The zero-order valence-corrected chi connectivity index (χ0v) is 18.0. The number of aliphatic hydroxyl groups is 1. The Morgan fingerprint density at radius 1 is 1.17 bits per heavy atom. The SMILES string of the molecule is CCc1c(C(=O)N[C@H]2CCCC[C@@H]2O)cc(Cc2ccc(Cl)nc2)c2ccccc12. The van der Waals surface area contributed by atoms with Gasteiger partial charge < -0.3 is 10.4 Å². The highest BCUT2D eigenvalue weighted by molar-refractivity contribution is 6.29. The van der Waals surface area contributed by atoms with Crippen LogP contribution in [0.15, 0.2) is 48.7 Å². The van der Waals surface area contributed by atoms with Gasteiger partial charge in [-0.15, -0.1) is 0 Å². The molecule has 1 heterocycles. The first kappa shape index (κ1) is 20.8. The first-order valence-electron chi connectivity index (χ1n) is 10.7. The molecule has 4 rings (SSSR count). The maximum Gasteiger partial charge on any atom is 0.251 e. The van der Waals surface area contributed by atoms with Gasteiger partial charge in [0.15, 0.2) is 0 Å². The third-order valence-corrected chi connectivity index (χ3v) is 6.29. The number of carbonyl (C=O) groups is 1. The van der Waals surface area contributed by atoms with Gasteiger partial charge in [-0.05, 0) is 65.3 Å². The topological polar surface area (TPSA) is 62.2 Å². The van der Waals surface area contributed by atoms with E-state index in [0.717, 1.165) is 59.6 Å². The van der Waals surface area contributed by atoms with Crippen molar-refractivity contribution < 1.29 is 9.90 Å². The summed E-state index contributed by atoms with van der Waals surface area (Å²) in [5, 5.41) is 16.1. The van der Waals surface area contributed by atoms with Crippen molar-refractivity contribution in [1.82, 2.24) is 10.3 Å². The van der Waals surface area contributed by atoms with Crippen LogP contribution in [0.5, 0.6) is 0 Å². The maximum atomic E-state index is 13.3. The molecule has 0 radical (unpaired) electrons. The fraction of sp³-hybridized carbons (Fsp3) is 0.360. The molecule has 1 saturated carbocycles. The van der Waals surface area contributed by atoms with E-state index in [1.165, 1.54) is 0 Å². The summed E-state index contributed by atoms with van der Waals surface area (Å²) in [6.45, 7) is 2.08. The standard InChI is InChI=1S/C25H27ClN2O2/c1-2-18-20-8-4-3-7-19(20)17(13-16-11-12-24(26)27-15-16)14-21(18)25(30)28-22-9-5-6-10-23(22)29/h3-4,7-8,11-12,14-15,22-23,29H,2,5-6,9-10,13H2,1H3,(H,28,30)/t22-,23-/m0/s1. The largest absolute Gasteiger partial charge is 0.391 e. The number of rotatable bonds is 5. The Bertz CT molecular complexity index is 1050. The smallest absolute Gasteiger partial charge is 0.251 e. The number of aromatic nitrogens is 1. The van der Waals surface area contributed by atoms with Gasteiger partial charge in [-0.2, -0.15) is 0 Å². The lowest BCUT2D eigenvalue weighted by Gasteiger charge is -2.29. The third kappa shape index (κ3) is 4.35. The van der Waals surface area contributed by atoms with E-state index >= 15 is 0 Å². The number of halogens is 1. The Morgan fingerprint density at radius 3 is 2.63 bits per heavy atom. The fourth-order valence-electron chi connectivity index (χ4n) is 4.50. The van der Waals surface area contributed by atoms with Gasteiger partial charge in [0.2, 0.25) is 0 Å². The van der Waals surface area contributed by atoms with Gasteiger partial charge in [-0.25, -0.2) is 4.98 Å². The lowest BCUT2D eigenvalue weighted by molar-refractivity contribution is 0.0716. The monoisotopic (exact) mass is 422 g/mol. The third-order valence-electron chi connectivity index (χ3n) is 6.07. The van der Waals surface area contributed by atoms with Crippen molar-refractivity contribution in [3.05, 3.63) is 76.1 Å². The average molecular weight is 423 g/mol. The van der Waals surface area contributed by atoms with Gasteiger partial charge in [-0.1, -0.05) is 61.7 Å². The minimum atomic E-state index is -0.465. The van der Waals surface area contributed by atoms with Crippen molar-refractivity contribution in [3.8, 4) is 0 Å². The van der Waals surface area contributed by atoms with Crippen LogP contribution in [-0.4, -0.2) is 28.1 Å². The molecule has 0 saturated heterocycles. The van der Waals surface area contributed by atoms with Gasteiger partial charge in [0.05, 0.1) is 12.1 Å². The van der Waals surface area contributed by atoms with E-state index in [9.17, 15) is 9.90 Å². The Balaban J connectivity index is 1.74. The number of pyridine rings is 1. The minimum absolute atomic E-state index is 0.0981. The molecule has 0 aliphatic heterocycles. The summed E-state index contributed by atoms with van der Waals surface area (Å²) in [5.74, 6) is -0.0981. The molecule has 0 unspecified atom stereocenters. The number of nitrogens with one attached hydrogen (secondary N) is 1. The molecule has 3 aromatic rings. The van der Waals surface area contributed by atoms with E-state index < -0.39 is 6.10 Å². The normalized spacial score (nSPS) is 19.0. The molecule has 5 heteroatoms. The van der Waals surface area contributed by atoms with Crippen molar-refractivity contribution in [1.29, 1.82) is 0 Å². The van der Waals surface area contributed by atoms with Crippen molar-refractivity contribution in [3.63, 3.8) is 0 Å². The molecular formula is C25H27ClN2O2. The van der Waals surface area contributed by atoms with E-state index in [-0.39, 0.29) is 11.9 Å². The lowest BCUT2D eigenvalue weighted by atomic mass is 9.89. The zero-order valence-electron chi connectivity index (χ0n) is 17.2. The van der Waals surface area contributed by atoms with E-state index in [0.29, 0.717) is 17.1 Å². The lowest BCUT2D eigenvalue weighted by Crippen LogP contribution is -2.45. The summed E-state index contributed by atoms with van der Waals surface area (Å²) in [5.41, 5.74) is 3.88. The minimum Gasteiger partial charge on any atom is -0.391 e. The maximum absolute atomic E-state index is 13.3. The van der Waals surface area contributed by atoms with Gasteiger partial charge in [0.25, 0.3) is 5.91 Å². The second-order valence-corrected chi connectivity index (χ2v) is 8.45. The molecule has 4 nitrogen and oxygen atoms in total. The quantitative estimate of drug-likeness (QED) is 0.564. The van der Waals surface area contributed by atoms with Crippen LogP contribution in [-0.2, 0) is 12.8 Å². The fourth-order valence-corrected chi connectivity index (χ4v) is 4.61. The Kier molecular flexibility index (Phi) is 6.35. The first-order chi connectivity index (χ1) is 14.6. The van der Waals surface area contributed by atoms with E-state index in [2.05, 4.69) is 29.4 Å². The van der Waals surface area contributed by atoms with Crippen LogP contribution < -0.4 is 5.32 Å². The second kappa shape index (κ2) is 9.15. The number of fused-ring (bicyclic) bond motifs is 1. The van der Waals surface area contributed by atoms with E-state index in [4.69, 9.17) is 11.6 Å². The van der Waals surface area contributed by atoms with Gasteiger partial charge in [0, 0.05) is 11.8 Å². The molecule has 30 heavy (non-hydrogen) atoms. The second-order valence-electron chi connectivity index (χ2n) is 8.06. The first-order valence-corrected chi connectivity index (χ1v) is 11.1. The van der Waals surface area contributed by atoms with Crippen LogP contribution in [0.4, 0.5) is 0 Å². The van der Waals surface area contributed by atoms with Crippen molar-refractivity contribution in [2.45, 2.75) is 57.6 Å². The number of aryl methyl sites for hydroxylation is 1. The summed E-state index contributed by atoms with van der Waals surface area (Å²) in [6, 6.07) is 13.8. The zero-order chi connectivity index (χ0) is 21.1. The van der Waals surface area contributed by atoms with Crippen molar-refractivity contribution in [2.24, 2.45) is 0 Å². The molecule has 1 aliphatic rings. The number of aliphatic hydroxyl groups excluding tert-OH is 1. The summed E-state index contributed by atoms with van der Waals surface area (Å²) in [7, 11) is 0. The molecule has 0 spiro atoms. The molecule has 1 fully saturated rings. The Labute approximate surface area is 182 Å².